The fourth-order valence-corrected chi connectivity index (χ4v) is 1.85. The fraction of sp³-hybridized carbons (Fsp3) is 0.286. The standard InChI is InChI=1S/C14H17N3O/c1-3-18-13-12(10(2)16-14(15)17-13)9-11-7-5-4-6-8-11/h4-8H,3,9H2,1-2H3,(H2,15,16,17). The molecular formula is C14H17N3O. The number of nitrogens with zero attached hydrogens (tertiary/aromatic N) is 2. The number of nitrogens with two attached hydrogens (primary N) is 1. The summed E-state index contributed by atoms with van der Waals surface area (Å²) in [4.78, 5) is 8.36. The predicted molar refractivity (Wildman–Crippen MR) is 71.6 cm³/mol. The Morgan fingerprint density at radius 1 is 1.17 bits per heavy atom. The molecule has 0 radical (unpaired) electrons. The molecule has 18 heavy (non-hydrogen) atoms. The first-order valence-electron chi connectivity index (χ1n) is 6.00. The van der Waals surface area contributed by atoms with Gasteiger partial charge in [-0.05, 0) is 19.4 Å². The number of aryl methyl sites for hydroxylation is 1. The van der Waals surface area contributed by atoms with Gasteiger partial charge in [-0.3, -0.25) is 0 Å². The summed E-state index contributed by atoms with van der Waals surface area (Å²) in [6.07, 6.45) is 0.752. The molecule has 0 aliphatic rings. The van der Waals surface area contributed by atoms with Crippen molar-refractivity contribution >= 4 is 5.95 Å². The van der Waals surface area contributed by atoms with Gasteiger partial charge in [0.15, 0.2) is 0 Å². The van der Waals surface area contributed by atoms with Gasteiger partial charge in [-0.15, -0.1) is 0 Å². The van der Waals surface area contributed by atoms with Crippen LogP contribution in [0.3, 0.4) is 0 Å². The molecule has 0 amide bonds. The number of benzene rings is 1. The molecule has 94 valence electrons. The Kier molecular flexibility index (Phi) is 3.77. The molecule has 0 fully saturated rings. The van der Waals surface area contributed by atoms with E-state index in [1.165, 1.54) is 5.56 Å². The summed E-state index contributed by atoms with van der Waals surface area (Å²) in [5.41, 5.74) is 8.72. The minimum Gasteiger partial charge on any atom is -0.478 e. The van der Waals surface area contributed by atoms with E-state index in [1.807, 2.05) is 32.0 Å². The average Bonchev–Trinajstić information content (AvgIpc) is 2.35. The van der Waals surface area contributed by atoms with Gasteiger partial charge in [0.2, 0.25) is 11.8 Å². The van der Waals surface area contributed by atoms with Crippen molar-refractivity contribution in [3.05, 3.63) is 47.2 Å². The van der Waals surface area contributed by atoms with E-state index in [1.54, 1.807) is 0 Å². The average molecular weight is 243 g/mol. The molecule has 1 heterocycles. The van der Waals surface area contributed by atoms with Gasteiger partial charge in [-0.25, -0.2) is 4.98 Å². The Hall–Kier alpha value is -2.10. The van der Waals surface area contributed by atoms with Crippen LogP contribution in [-0.2, 0) is 6.42 Å². The second kappa shape index (κ2) is 5.49. The first-order chi connectivity index (χ1) is 8.70. The normalized spacial score (nSPS) is 10.3. The maximum atomic E-state index is 5.65. The van der Waals surface area contributed by atoms with Gasteiger partial charge in [-0.1, -0.05) is 30.3 Å². The molecule has 0 aliphatic carbocycles. The molecule has 1 aromatic carbocycles. The Labute approximate surface area is 107 Å². The molecule has 0 atom stereocenters. The van der Waals surface area contributed by atoms with E-state index >= 15 is 0 Å². The summed E-state index contributed by atoms with van der Waals surface area (Å²) in [7, 11) is 0. The van der Waals surface area contributed by atoms with Crippen molar-refractivity contribution in [2.45, 2.75) is 20.3 Å². The number of hydrogen-bond acceptors (Lipinski definition) is 4. The third kappa shape index (κ3) is 2.77. The summed E-state index contributed by atoms with van der Waals surface area (Å²) in [6, 6.07) is 10.2. The van der Waals surface area contributed by atoms with E-state index in [0.29, 0.717) is 12.5 Å². The van der Waals surface area contributed by atoms with E-state index in [2.05, 4.69) is 22.1 Å². The van der Waals surface area contributed by atoms with Crippen LogP contribution in [0.4, 0.5) is 5.95 Å². The molecule has 2 N–H and O–H groups in total. The van der Waals surface area contributed by atoms with E-state index in [9.17, 15) is 0 Å². The van der Waals surface area contributed by atoms with Gasteiger partial charge < -0.3 is 10.5 Å². The van der Waals surface area contributed by atoms with Crippen LogP contribution in [0.25, 0.3) is 0 Å². The topological polar surface area (TPSA) is 61.0 Å². The minimum absolute atomic E-state index is 0.257. The number of ether oxygens (including phenoxy) is 1. The van der Waals surface area contributed by atoms with Crippen molar-refractivity contribution < 1.29 is 4.74 Å². The van der Waals surface area contributed by atoms with Gasteiger partial charge in [-0.2, -0.15) is 4.98 Å². The fourth-order valence-electron chi connectivity index (χ4n) is 1.85. The van der Waals surface area contributed by atoms with Crippen LogP contribution in [0.1, 0.15) is 23.7 Å². The summed E-state index contributed by atoms with van der Waals surface area (Å²) in [5.74, 6) is 0.846. The number of aromatic nitrogens is 2. The van der Waals surface area contributed by atoms with Crippen LogP contribution in [0.15, 0.2) is 30.3 Å². The lowest BCUT2D eigenvalue weighted by Crippen LogP contribution is -2.07. The lowest BCUT2D eigenvalue weighted by Gasteiger charge is -2.12. The summed E-state index contributed by atoms with van der Waals surface area (Å²) < 4.78 is 5.54. The zero-order chi connectivity index (χ0) is 13.0. The van der Waals surface area contributed by atoms with E-state index < -0.39 is 0 Å². The van der Waals surface area contributed by atoms with Crippen LogP contribution < -0.4 is 10.5 Å². The van der Waals surface area contributed by atoms with Gasteiger partial charge in [0.05, 0.1) is 12.3 Å². The second-order valence-corrected chi connectivity index (χ2v) is 4.05. The van der Waals surface area contributed by atoms with E-state index in [4.69, 9.17) is 10.5 Å². The zero-order valence-electron chi connectivity index (χ0n) is 10.7. The Morgan fingerprint density at radius 3 is 2.56 bits per heavy atom. The molecule has 1 aromatic heterocycles. The summed E-state index contributed by atoms with van der Waals surface area (Å²) in [6.45, 7) is 4.43. The highest BCUT2D eigenvalue weighted by atomic mass is 16.5. The molecule has 0 bridgehead atoms. The molecule has 0 unspecified atom stereocenters. The van der Waals surface area contributed by atoms with Crippen LogP contribution in [0, 0.1) is 6.92 Å². The summed E-state index contributed by atoms with van der Waals surface area (Å²) >= 11 is 0. The van der Waals surface area contributed by atoms with Gasteiger partial charge in [0, 0.05) is 12.0 Å². The molecule has 4 nitrogen and oxygen atoms in total. The molecular weight excluding hydrogens is 226 g/mol. The summed E-state index contributed by atoms with van der Waals surface area (Å²) in [5, 5.41) is 0. The molecule has 4 heteroatoms. The quantitative estimate of drug-likeness (QED) is 0.895. The molecule has 0 spiro atoms. The number of nitrogen functional groups attached to an aromatic ring is 1. The Morgan fingerprint density at radius 2 is 1.89 bits per heavy atom. The van der Waals surface area contributed by atoms with Crippen LogP contribution in [-0.4, -0.2) is 16.6 Å². The largest absolute Gasteiger partial charge is 0.478 e. The van der Waals surface area contributed by atoms with Crippen molar-refractivity contribution in [3.8, 4) is 5.88 Å². The third-order valence-electron chi connectivity index (χ3n) is 2.70. The van der Waals surface area contributed by atoms with E-state index in [0.717, 1.165) is 17.7 Å². The first kappa shape index (κ1) is 12.4. The molecule has 0 aliphatic heterocycles. The number of hydrogen-bond donors (Lipinski definition) is 1. The van der Waals surface area contributed by atoms with Crippen LogP contribution in [0.2, 0.25) is 0 Å². The van der Waals surface area contributed by atoms with Crippen molar-refractivity contribution in [1.82, 2.24) is 9.97 Å². The molecule has 0 saturated heterocycles. The van der Waals surface area contributed by atoms with Crippen molar-refractivity contribution in [1.29, 1.82) is 0 Å². The Balaban J connectivity index is 2.37. The zero-order valence-corrected chi connectivity index (χ0v) is 10.7. The van der Waals surface area contributed by atoms with Crippen LogP contribution >= 0.6 is 0 Å². The van der Waals surface area contributed by atoms with Gasteiger partial charge in [0.25, 0.3) is 0 Å². The van der Waals surface area contributed by atoms with Gasteiger partial charge in [0.1, 0.15) is 0 Å². The predicted octanol–water partition coefficient (Wildman–Crippen LogP) is 2.36. The van der Waals surface area contributed by atoms with Crippen molar-refractivity contribution in [2.24, 2.45) is 0 Å². The molecule has 2 rings (SSSR count). The first-order valence-corrected chi connectivity index (χ1v) is 6.00. The third-order valence-corrected chi connectivity index (χ3v) is 2.70. The van der Waals surface area contributed by atoms with Gasteiger partial charge >= 0.3 is 0 Å². The SMILES string of the molecule is CCOc1nc(N)nc(C)c1Cc1ccccc1. The highest BCUT2D eigenvalue weighted by Gasteiger charge is 2.12. The lowest BCUT2D eigenvalue weighted by molar-refractivity contribution is 0.323. The minimum atomic E-state index is 0.257. The lowest BCUT2D eigenvalue weighted by atomic mass is 10.0. The second-order valence-electron chi connectivity index (χ2n) is 4.05. The van der Waals surface area contributed by atoms with Crippen molar-refractivity contribution in [3.63, 3.8) is 0 Å². The maximum absolute atomic E-state index is 5.65. The number of anilines is 1. The molecule has 2 aromatic rings. The molecule has 0 saturated carbocycles. The van der Waals surface area contributed by atoms with Crippen molar-refractivity contribution in [2.75, 3.05) is 12.3 Å². The Bertz CT molecular complexity index is 526. The van der Waals surface area contributed by atoms with E-state index in [-0.39, 0.29) is 5.95 Å². The maximum Gasteiger partial charge on any atom is 0.223 e. The number of rotatable bonds is 4. The monoisotopic (exact) mass is 243 g/mol. The smallest absolute Gasteiger partial charge is 0.223 e. The highest BCUT2D eigenvalue weighted by molar-refractivity contribution is 5.39. The highest BCUT2D eigenvalue weighted by Crippen LogP contribution is 2.23. The van der Waals surface area contributed by atoms with Crippen LogP contribution in [0.5, 0.6) is 5.88 Å².